The molecule has 1 heterocycles. The molecule has 0 radical (unpaired) electrons. The maximum absolute atomic E-state index is 11.4. The van der Waals surface area contributed by atoms with Gasteiger partial charge in [0.05, 0.1) is 19.7 Å². The average molecular weight is 252 g/mol. The molecule has 0 unspecified atom stereocenters. The van der Waals surface area contributed by atoms with E-state index in [4.69, 9.17) is 10.5 Å². The zero-order valence-electron chi connectivity index (χ0n) is 9.79. The van der Waals surface area contributed by atoms with Gasteiger partial charge in [0.2, 0.25) is 5.91 Å². The molecule has 0 saturated heterocycles. The van der Waals surface area contributed by atoms with Gasteiger partial charge in [-0.3, -0.25) is 4.79 Å². The number of thiophene rings is 1. The Hall–Kier alpha value is -1.35. The van der Waals surface area contributed by atoms with Crippen molar-refractivity contribution in [3.63, 3.8) is 0 Å². The summed E-state index contributed by atoms with van der Waals surface area (Å²) < 4.78 is 4.83. The van der Waals surface area contributed by atoms with Gasteiger partial charge in [-0.1, -0.05) is 11.8 Å². The molecule has 1 aromatic rings. The topological polar surface area (TPSA) is 64.3 Å². The fourth-order valence-corrected chi connectivity index (χ4v) is 1.97. The molecule has 1 rings (SSSR count). The molecule has 0 aromatic carbocycles. The highest BCUT2D eigenvalue weighted by molar-refractivity contribution is 7.10. The van der Waals surface area contributed by atoms with Crippen LogP contribution in [0.15, 0.2) is 11.4 Å². The summed E-state index contributed by atoms with van der Waals surface area (Å²) in [5.74, 6) is 5.77. The lowest BCUT2D eigenvalue weighted by Crippen LogP contribution is -2.23. The van der Waals surface area contributed by atoms with Crippen molar-refractivity contribution in [3.05, 3.63) is 21.9 Å². The van der Waals surface area contributed by atoms with Crippen LogP contribution in [0.25, 0.3) is 0 Å². The third-order valence-corrected chi connectivity index (χ3v) is 2.97. The second-order valence-electron chi connectivity index (χ2n) is 3.28. The quantitative estimate of drug-likeness (QED) is 0.759. The summed E-state index contributed by atoms with van der Waals surface area (Å²) in [7, 11) is 1.58. The summed E-state index contributed by atoms with van der Waals surface area (Å²) in [6, 6.07) is 1.93. The Kier molecular flexibility index (Phi) is 6.33. The molecule has 3 N–H and O–H groups in total. The van der Waals surface area contributed by atoms with Crippen LogP contribution in [0.4, 0.5) is 0 Å². The number of carbonyl (C=O) groups excluding carboxylic acids is 1. The summed E-state index contributed by atoms with van der Waals surface area (Å²) in [4.78, 5) is 12.4. The highest BCUT2D eigenvalue weighted by Crippen LogP contribution is 2.15. The molecule has 1 amide bonds. The van der Waals surface area contributed by atoms with Gasteiger partial charge >= 0.3 is 0 Å². The first-order valence-corrected chi connectivity index (χ1v) is 6.16. The fraction of sp³-hybridized carbons (Fsp3) is 0.417. The van der Waals surface area contributed by atoms with Gasteiger partial charge in [0, 0.05) is 24.0 Å². The molecule has 0 bridgehead atoms. The minimum atomic E-state index is -0.0158. The van der Waals surface area contributed by atoms with E-state index >= 15 is 0 Å². The summed E-state index contributed by atoms with van der Waals surface area (Å²) in [6.07, 6.45) is 0.381. The van der Waals surface area contributed by atoms with Crippen LogP contribution in [-0.4, -0.2) is 26.2 Å². The SMILES string of the molecule is COCCC(=O)NCc1sccc1C#CCN. The third-order valence-electron chi connectivity index (χ3n) is 2.05. The maximum atomic E-state index is 11.4. The Morgan fingerprint density at radius 2 is 2.47 bits per heavy atom. The van der Waals surface area contributed by atoms with E-state index in [2.05, 4.69) is 17.2 Å². The van der Waals surface area contributed by atoms with Gasteiger partial charge in [0.25, 0.3) is 0 Å². The lowest BCUT2D eigenvalue weighted by molar-refractivity contribution is -0.122. The van der Waals surface area contributed by atoms with Crippen LogP contribution in [0.2, 0.25) is 0 Å². The molecule has 0 fully saturated rings. The van der Waals surface area contributed by atoms with Crippen LogP contribution in [0.3, 0.4) is 0 Å². The molecular formula is C12H16N2O2S. The minimum absolute atomic E-state index is 0.0158. The molecule has 92 valence electrons. The standard InChI is InChI=1S/C12H16N2O2S/c1-16-7-4-12(15)14-9-11-10(3-2-6-13)5-8-17-11/h5,8H,4,6-7,9,13H2,1H3,(H,14,15). The van der Waals surface area contributed by atoms with E-state index in [9.17, 15) is 4.79 Å². The van der Waals surface area contributed by atoms with Gasteiger partial charge in [-0.2, -0.15) is 0 Å². The minimum Gasteiger partial charge on any atom is -0.384 e. The first-order chi connectivity index (χ1) is 8.27. The predicted molar refractivity (Wildman–Crippen MR) is 68.6 cm³/mol. The Morgan fingerprint density at radius 3 is 3.18 bits per heavy atom. The first kappa shape index (κ1) is 13.7. The van der Waals surface area contributed by atoms with Crippen LogP contribution in [0, 0.1) is 11.8 Å². The highest BCUT2D eigenvalue weighted by atomic mass is 32.1. The monoisotopic (exact) mass is 252 g/mol. The predicted octanol–water partition coefficient (Wildman–Crippen LogP) is 0.711. The van der Waals surface area contributed by atoms with Crippen molar-refractivity contribution >= 4 is 17.2 Å². The van der Waals surface area contributed by atoms with Crippen molar-refractivity contribution in [2.24, 2.45) is 5.73 Å². The Labute approximate surface area is 105 Å². The highest BCUT2D eigenvalue weighted by Gasteiger charge is 2.04. The summed E-state index contributed by atoms with van der Waals surface area (Å²) in [6.45, 7) is 1.29. The Balaban J connectivity index is 2.46. The molecule has 1 aromatic heterocycles. The van der Waals surface area contributed by atoms with Crippen molar-refractivity contribution in [2.75, 3.05) is 20.3 Å². The molecule has 4 nitrogen and oxygen atoms in total. The van der Waals surface area contributed by atoms with Crippen LogP contribution in [0.5, 0.6) is 0 Å². The number of methoxy groups -OCH3 is 1. The number of ether oxygens (including phenoxy) is 1. The van der Waals surface area contributed by atoms with Gasteiger partial charge in [-0.05, 0) is 11.4 Å². The molecule has 0 aliphatic rings. The Bertz CT molecular complexity index is 418. The molecule has 0 aliphatic carbocycles. The average Bonchev–Trinajstić information content (AvgIpc) is 2.78. The van der Waals surface area contributed by atoms with Crippen LogP contribution < -0.4 is 11.1 Å². The molecule has 0 spiro atoms. The molecule has 0 atom stereocenters. The Morgan fingerprint density at radius 1 is 1.65 bits per heavy atom. The number of hydrogen-bond acceptors (Lipinski definition) is 4. The smallest absolute Gasteiger partial charge is 0.222 e. The van der Waals surface area contributed by atoms with Gasteiger partial charge in [-0.25, -0.2) is 0 Å². The van der Waals surface area contributed by atoms with Crippen molar-refractivity contribution < 1.29 is 9.53 Å². The molecule has 5 heteroatoms. The van der Waals surface area contributed by atoms with E-state index in [1.54, 1.807) is 18.4 Å². The van der Waals surface area contributed by atoms with Gasteiger partial charge in [0.1, 0.15) is 0 Å². The number of hydrogen-bond donors (Lipinski definition) is 2. The zero-order valence-corrected chi connectivity index (χ0v) is 10.6. The number of amides is 1. The second kappa shape index (κ2) is 7.85. The molecule has 0 saturated carbocycles. The van der Waals surface area contributed by atoms with Gasteiger partial charge in [0.15, 0.2) is 0 Å². The van der Waals surface area contributed by atoms with E-state index in [0.29, 0.717) is 26.1 Å². The van der Waals surface area contributed by atoms with Gasteiger partial charge < -0.3 is 15.8 Å². The molecule has 0 aliphatic heterocycles. The lowest BCUT2D eigenvalue weighted by atomic mass is 10.2. The third kappa shape index (κ3) is 5.00. The summed E-state index contributed by atoms with van der Waals surface area (Å²) in [5, 5.41) is 4.78. The summed E-state index contributed by atoms with van der Waals surface area (Å²) in [5.41, 5.74) is 6.26. The number of carbonyl (C=O) groups is 1. The van der Waals surface area contributed by atoms with E-state index in [1.165, 1.54) is 0 Å². The number of rotatable bonds is 5. The fourth-order valence-electron chi connectivity index (χ4n) is 1.20. The van der Waals surface area contributed by atoms with Crippen LogP contribution >= 0.6 is 11.3 Å². The molecule has 17 heavy (non-hydrogen) atoms. The lowest BCUT2D eigenvalue weighted by Gasteiger charge is -2.03. The van der Waals surface area contributed by atoms with E-state index in [0.717, 1.165) is 10.4 Å². The maximum Gasteiger partial charge on any atom is 0.222 e. The van der Waals surface area contributed by atoms with E-state index < -0.39 is 0 Å². The zero-order chi connectivity index (χ0) is 12.5. The molecular weight excluding hydrogens is 236 g/mol. The van der Waals surface area contributed by atoms with Crippen molar-refractivity contribution in [1.82, 2.24) is 5.32 Å². The number of nitrogens with two attached hydrogens (primary N) is 1. The van der Waals surface area contributed by atoms with E-state index in [-0.39, 0.29) is 5.91 Å². The summed E-state index contributed by atoms with van der Waals surface area (Å²) >= 11 is 1.58. The van der Waals surface area contributed by atoms with Crippen LogP contribution in [-0.2, 0) is 16.1 Å². The van der Waals surface area contributed by atoms with E-state index in [1.807, 2.05) is 11.4 Å². The van der Waals surface area contributed by atoms with Crippen molar-refractivity contribution in [1.29, 1.82) is 0 Å². The largest absolute Gasteiger partial charge is 0.384 e. The number of nitrogens with one attached hydrogen (secondary N) is 1. The van der Waals surface area contributed by atoms with Crippen molar-refractivity contribution in [3.8, 4) is 11.8 Å². The van der Waals surface area contributed by atoms with Gasteiger partial charge in [-0.15, -0.1) is 11.3 Å². The normalized spacial score (nSPS) is 9.53. The first-order valence-electron chi connectivity index (χ1n) is 5.29. The van der Waals surface area contributed by atoms with Crippen LogP contribution in [0.1, 0.15) is 16.9 Å². The van der Waals surface area contributed by atoms with Crippen molar-refractivity contribution in [2.45, 2.75) is 13.0 Å². The second-order valence-corrected chi connectivity index (χ2v) is 4.28.